The zero-order valence-corrected chi connectivity index (χ0v) is 21.5. The number of aromatic amines is 1. The Kier molecular flexibility index (Phi) is 6.66. The van der Waals surface area contributed by atoms with Crippen molar-refractivity contribution in [3.8, 4) is 0 Å². The highest BCUT2D eigenvalue weighted by atomic mass is 16.6. The molecule has 2 aliphatic heterocycles. The first kappa shape index (κ1) is 24.1. The Balaban J connectivity index is 1.17. The fourth-order valence-corrected chi connectivity index (χ4v) is 7.58. The Morgan fingerprint density at radius 2 is 1.89 bits per heavy atom. The van der Waals surface area contributed by atoms with Gasteiger partial charge >= 0.3 is 6.09 Å². The number of hydrogen-bond donors (Lipinski definition) is 2. The lowest BCUT2D eigenvalue weighted by molar-refractivity contribution is -0.141. The SMILES string of the molecule is O=C(NCCc1c[nH]c2ccccc12)O[C@H]1CC[C@@]23CCCN2C(=O)CCC[C@H]3[C@H]1Cc1ccccc1. The van der Waals surface area contributed by atoms with E-state index >= 15 is 0 Å². The van der Waals surface area contributed by atoms with Crippen LogP contribution in [0.25, 0.3) is 10.9 Å². The molecule has 1 saturated carbocycles. The van der Waals surface area contributed by atoms with Crippen molar-refractivity contribution in [1.29, 1.82) is 0 Å². The van der Waals surface area contributed by atoms with Crippen molar-refractivity contribution in [2.45, 2.75) is 69.4 Å². The van der Waals surface area contributed by atoms with Gasteiger partial charge in [0.15, 0.2) is 0 Å². The molecule has 37 heavy (non-hydrogen) atoms. The standard InChI is InChI=1S/C31H37N3O3/c35-29-13-6-11-26-25(20-22-8-2-1-3-9-22)28(14-17-31(26)16-7-19-34(29)31)37-30(36)32-18-15-23-21-33-27-12-5-4-10-24(23)27/h1-5,8-10,12,21,25-26,28,33H,6-7,11,13-20H2,(H,32,36)/t25-,26+,28+,31-/m1/s1. The Bertz CT molecular complexity index is 1250. The van der Waals surface area contributed by atoms with Crippen molar-refractivity contribution in [3.05, 3.63) is 71.9 Å². The predicted molar refractivity (Wildman–Crippen MR) is 144 cm³/mol. The lowest BCUT2D eigenvalue weighted by atomic mass is 9.62. The van der Waals surface area contributed by atoms with Gasteiger partial charge in [0.2, 0.25) is 5.91 Å². The third-order valence-corrected chi connectivity index (χ3v) is 9.19. The summed E-state index contributed by atoms with van der Waals surface area (Å²) in [5.74, 6) is 0.897. The average molecular weight is 500 g/mol. The molecule has 1 aromatic heterocycles. The summed E-state index contributed by atoms with van der Waals surface area (Å²) in [6.07, 6.45) is 9.70. The van der Waals surface area contributed by atoms with E-state index in [1.807, 2.05) is 24.4 Å². The number of rotatable bonds is 6. The van der Waals surface area contributed by atoms with Gasteiger partial charge in [0.05, 0.1) is 0 Å². The van der Waals surface area contributed by atoms with Gasteiger partial charge in [-0.05, 0) is 74.5 Å². The lowest BCUT2D eigenvalue weighted by Crippen LogP contribution is -2.59. The van der Waals surface area contributed by atoms with Crippen molar-refractivity contribution in [2.24, 2.45) is 11.8 Å². The largest absolute Gasteiger partial charge is 0.446 e. The van der Waals surface area contributed by atoms with Crippen LogP contribution in [0.15, 0.2) is 60.8 Å². The van der Waals surface area contributed by atoms with E-state index < -0.39 is 0 Å². The summed E-state index contributed by atoms with van der Waals surface area (Å²) in [4.78, 5) is 31.5. The Labute approximate surface area is 218 Å². The molecule has 6 heteroatoms. The number of para-hydroxylation sites is 1. The van der Waals surface area contributed by atoms with Crippen LogP contribution in [-0.2, 0) is 22.4 Å². The van der Waals surface area contributed by atoms with Crippen LogP contribution < -0.4 is 5.32 Å². The molecule has 1 spiro atoms. The van der Waals surface area contributed by atoms with Gasteiger partial charge in [-0.1, -0.05) is 48.5 Å². The summed E-state index contributed by atoms with van der Waals surface area (Å²) >= 11 is 0. The molecule has 0 unspecified atom stereocenters. The molecule has 2 amide bonds. The number of carbonyl (C=O) groups is 2. The van der Waals surface area contributed by atoms with E-state index in [1.165, 1.54) is 16.5 Å². The number of nitrogens with one attached hydrogen (secondary N) is 2. The van der Waals surface area contributed by atoms with Crippen LogP contribution >= 0.6 is 0 Å². The van der Waals surface area contributed by atoms with Crippen molar-refractivity contribution >= 4 is 22.9 Å². The van der Waals surface area contributed by atoms with Crippen molar-refractivity contribution in [1.82, 2.24) is 15.2 Å². The van der Waals surface area contributed by atoms with Gasteiger partial charge in [0.25, 0.3) is 0 Å². The number of ether oxygens (including phenoxy) is 1. The topological polar surface area (TPSA) is 74.4 Å². The molecule has 194 valence electrons. The van der Waals surface area contributed by atoms with Gasteiger partial charge in [-0.25, -0.2) is 4.79 Å². The Hall–Kier alpha value is -3.28. The molecule has 2 aromatic carbocycles. The summed E-state index contributed by atoms with van der Waals surface area (Å²) in [7, 11) is 0. The molecular weight excluding hydrogens is 462 g/mol. The average Bonchev–Trinajstić information content (AvgIpc) is 3.50. The highest BCUT2D eigenvalue weighted by Gasteiger charge is 2.56. The quantitative estimate of drug-likeness (QED) is 0.462. The number of hydrogen-bond acceptors (Lipinski definition) is 3. The predicted octanol–water partition coefficient (Wildman–Crippen LogP) is 5.62. The van der Waals surface area contributed by atoms with Crippen molar-refractivity contribution in [3.63, 3.8) is 0 Å². The molecule has 2 saturated heterocycles. The second-order valence-corrected chi connectivity index (χ2v) is 11.1. The number of nitrogens with zero attached hydrogens (tertiary/aromatic N) is 1. The number of aromatic nitrogens is 1. The van der Waals surface area contributed by atoms with E-state index in [4.69, 9.17) is 4.74 Å². The molecule has 3 aromatic rings. The normalized spacial score (nSPS) is 27.4. The number of alkyl carbamates (subject to hydrolysis) is 1. The van der Waals surface area contributed by atoms with E-state index in [9.17, 15) is 9.59 Å². The first-order valence-corrected chi connectivity index (χ1v) is 14.0. The number of carbonyl (C=O) groups excluding carboxylic acids is 2. The number of H-pyrrole nitrogens is 1. The third-order valence-electron chi connectivity index (χ3n) is 9.19. The number of amides is 2. The van der Waals surface area contributed by atoms with Gasteiger partial charge in [-0.2, -0.15) is 0 Å². The van der Waals surface area contributed by atoms with Crippen LogP contribution in [0, 0.1) is 11.8 Å². The zero-order chi connectivity index (χ0) is 25.2. The molecule has 3 aliphatic rings. The fraction of sp³-hybridized carbons (Fsp3) is 0.484. The Morgan fingerprint density at radius 1 is 1.05 bits per heavy atom. The maximum Gasteiger partial charge on any atom is 0.407 e. The molecule has 0 radical (unpaired) electrons. The highest BCUT2D eigenvalue weighted by Crippen LogP contribution is 2.53. The fourth-order valence-electron chi connectivity index (χ4n) is 7.58. The van der Waals surface area contributed by atoms with Crippen molar-refractivity contribution < 1.29 is 14.3 Å². The molecular formula is C31H37N3O3. The van der Waals surface area contributed by atoms with E-state index in [2.05, 4.69) is 51.6 Å². The molecule has 6 rings (SSSR count). The maximum absolute atomic E-state index is 13.0. The monoisotopic (exact) mass is 499 g/mol. The van der Waals surface area contributed by atoms with E-state index in [1.54, 1.807) is 0 Å². The van der Waals surface area contributed by atoms with Gasteiger partial charge in [-0.3, -0.25) is 4.79 Å². The van der Waals surface area contributed by atoms with Crippen LogP contribution in [0.4, 0.5) is 4.79 Å². The highest BCUT2D eigenvalue weighted by molar-refractivity contribution is 5.83. The maximum atomic E-state index is 13.0. The van der Waals surface area contributed by atoms with Gasteiger partial charge in [0, 0.05) is 48.1 Å². The summed E-state index contributed by atoms with van der Waals surface area (Å²) in [5, 5.41) is 4.21. The minimum atomic E-state index is -0.327. The van der Waals surface area contributed by atoms with Crippen LogP contribution in [0.3, 0.4) is 0 Å². The second-order valence-electron chi connectivity index (χ2n) is 11.1. The first-order valence-electron chi connectivity index (χ1n) is 14.0. The summed E-state index contributed by atoms with van der Waals surface area (Å²) < 4.78 is 6.18. The first-order chi connectivity index (χ1) is 18.1. The van der Waals surface area contributed by atoms with Crippen LogP contribution in [-0.4, -0.2) is 46.6 Å². The van der Waals surface area contributed by atoms with Gasteiger partial charge in [-0.15, -0.1) is 0 Å². The number of fused-ring (bicyclic) bond motifs is 1. The molecule has 2 N–H and O–H groups in total. The van der Waals surface area contributed by atoms with E-state index in [0.29, 0.717) is 24.8 Å². The summed E-state index contributed by atoms with van der Waals surface area (Å²) in [6, 6.07) is 18.8. The number of benzene rings is 2. The van der Waals surface area contributed by atoms with Gasteiger partial charge in [0.1, 0.15) is 6.10 Å². The summed E-state index contributed by atoms with van der Waals surface area (Å²) in [5.41, 5.74) is 3.53. The van der Waals surface area contributed by atoms with Crippen molar-refractivity contribution in [2.75, 3.05) is 13.1 Å². The molecule has 0 bridgehead atoms. The van der Waals surface area contributed by atoms with Gasteiger partial charge < -0.3 is 19.9 Å². The minimum Gasteiger partial charge on any atom is -0.446 e. The van der Waals surface area contributed by atoms with Crippen LogP contribution in [0.1, 0.15) is 56.1 Å². The lowest BCUT2D eigenvalue weighted by Gasteiger charge is -2.52. The molecule has 6 nitrogen and oxygen atoms in total. The summed E-state index contributed by atoms with van der Waals surface area (Å²) in [6.45, 7) is 1.42. The zero-order valence-electron chi connectivity index (χ0n) is 21.5. The molecule has 3 fully saturated rings. The molecule has 1 aliphatic carbocycles. The molecule has 4 atom stereocenters. The van der Waals surface area contributed by atoms with E-state index in [0.717, 1.165) is 63.4 Å². The van der Waals surface area contributed by atoms with E-state index in [-0.39, 0.29) is 23.7 Å². The molecule has 3 heterocycles. The Morgan fingerprint density at radius 3 is 2.78 bits per heavy atom. The second kappa shape index (κ2) is 10.2. The van der Waals surface area contributed by atoms with Crippen LogP contribution in [0.5, 0.6) is 0 Å². The smallest absolute Gasteiger partial charge is 0.407 e. The minimum absolute atomic E-state index is 0.0568. The third kappa shape index (κ3) is 4.62. The van der Waals surface area contributed by atoms with Crippen LogP contribution in [0.2, 0.25) is 0 Å².